The predicted octanol–water partition coefficient (Wildman–Crippen LogP) is 3.84. The summed E-state index contributed by atoms with van der Waals surface area (Å²) in [5.41, 5.74) is 2.02. The Bertz CT molecular complexity index is 279. The van der Waals surface area contributed by atoms with Crippen LogP contribution in [0.15, 0.2) is 30.3 Å². The van der Waals surface area contributed by atoms with Gasteiger partial charge in [0, 0.05) is 0 Å². The first-order valence-electron chi connectivity index (χ1n) is 5.14. The van der Waals surface area contributed by atoms with Crippen molar-refractivity contribution in [3.63, 3.8) is 0 Å². The van der Waals surface area contributed by atoms with Gasteiger partial charge < -0.3 is 0 Å². The zero-order valence-corrected chi connectivity index (χ0v) is 8.75. The lowest BCUT2D eigenvalue weighted by Gasteiger charge is -2.18. The van der Waals surface area contributed by atoms with Gasteiger partial charge in [-0.1, -0.05) is 51.1 Å². The number of rotatable bonds is 1. The Balaban J connectivity index is 2.09. The molecule has 2 rings (SSSR count). The smallest absolute Gasteiger partial charge is 0.0125 e. The zero-order chi connectivity index (χ0) is 9.47. The highest BCUT2D eigenvalue weighted by Gasteiger charge is 2.45. The molecule has 0 aliphatic heterocycles. The van der Waals surface area contributed by atoms with Gasteiger partial charge in [-0.05, 0) is 29.2 Å². The average Bonchev–Trinajstić information content (AvgIpc) is 2.83. The maximum atomic E-state index is 2.35. The first kappa shape index (κ1) is 8.80. The van der Waals surface area contributed by atoms with Crippen LogP contribution in [0.3, 0.4) is 0 Å². The van der Waals surface area contributed by atoms with Crippen LogP contribution in [0.4, 0.5) is 0 Å². The van der Waals surface area contributed by atoms with Crippen LogP contribution in [0, 0.1) is 11.3 Å². The maximum Gasteiger partial charge on any atom is -0.0125 e. The van der Waals surface area contributed by atoms with Crippen LogP contribution in [-0.2, 0) is 0 Å². The van der Waals surface area contributed by atoms with Crippen LogP contribution in [0.1, 0.15) is 38.7 Å². The van der Waals surface area contributed by atoms with Gasteiger partial charge in [0.2, 0.25) is 0 Å². The Morgan fingerprint density at radius 3 is 2.15 bits per heavy atom. The lowest BCUT2D eigenvalue weighted by atomic mass is 9.88. The molecule has 0 N–H and O–H groups in total. The largest absolute Gasteiger partial charge is 0.0622 e. The molecule has 0 nitrogen and oxygen atoms in total. The van der Waals surface area contributed by atoms with Crippen LogP contribution in [0.25, 0.3) is 0 Å². The van der Waals surface area contributed by atoms with Crippen molar-refractivity contribution >= 4 is 0 Å². The van der Waals surface area contributed by atoms with Crippen molar-refractivity contribution in [2.75, 3.05) is 0 Å². The number of hydrogen-bond acceptors (Lipinski definition) is 0. The SMILES string of the molecule is CC(C)(C)[C@@H]1C[C@H]1c1ccccc1. The molecular formula is C13H18. The molecule has 1 aliphatic rings. The second kappa shape index (κ2) is 2.87. The quantitative estimate of drug-likeness (QED) is 0.607. The minimum absolute atomic E-state index is 0.487. The van der Waals surface area contributed by atoms with Crippen LogP contribution in [0.5, 0.6) is 0 Å². The normalized spacial score (nSPS) is 27.3. The summed E-state index contributed by atoms with van der Waals surface area (Å²) in [4.78, 5) is 0. The molecule has 0 saturated heterocycles. The first-order valence-corrected chi connectivity index (χ1v) is 5.14. The third kappa shape index (κ3) is 1.77. The van der Waals surface area contributed by atoms with Gasteiger partial charge in [-0.3, -0.25) is 0 Å². The molecule has 2 atom stereocenters. The molecule has 13 heavy (non-hydrogen) atoms. The molecule has 1 aliphatic carbocycles. The molecule has 70 valence electrons. The van der Waals surface area contributed by atoms with E-state index in [1.165, 1.54) is 12.0 Å². The van der Waals surface area contributed by atoms with Crippen molar-refractivity contribution < 1.29 is 0 Å². The molecule has 0 spiro atoms. The topological polar surface area (TPSA) is 0 Å². The summed E-state index contributed by atoms with van der Waals surface area (Å²) >= 11 is 0. The third-order valence-corrected chi connectivity index (χ3v) is 3.13. The van der Waals surface area contributed by atoms with Crippen LogP contribution in [0.2, 0.25) is 0 Å². The molecule has 0 amide bonds. The summed E-state index contributed by atoms with van der Waals surface area (Å²) < 4.78 is 0. The molecule has 0 heterocycles. The van der Waals surface area contributed by atoms with E-state index in [0.717, 1.165) is 11.8 Å². The molecule has 0 heteroatoms. The van der Waals surface area contributed by atoms with Crippen LogP contribution in [-0.4, -0.2) is 0 Å². The van der Waals surface area contributed by atoms with Gasteiger partial charge in [-0.15, -0.1) is 0 Å². The molecule has 1 aromatic carbocycles. The highest BCUT2D eigenvalue weighted by molar-refractivity contribution is 5.26. The fraction of sp³-hybridized carbons (Fsp3) is 0.538. The Morgan fingerprint density at radius 1 is 1.08 bits per heavy atom. The van der Waals surface area contributed by atoms with Gasteiger partial charge in [0.1, 0.15) is 0 Å². The summed E-state index contributed by atoms with van der Waals surface area (Å²) in [6.45, 7) is 7.04. The van der Waals surface area contributed by atoms with Crippen molar-refractivity contribution in [2.45, 2.75) is 33.1 Å². The molecule has 1 saturated carbocycles. The second-order valence-electron chi connectivity index (χ2n) is 5.23. The summed E-state index contributed by atoms with van der Waals surface area (Å²) in [6.07, 6.45) is 1.38. The lowest BCUT2D eigenvalue weighted by Crippen LogP contribution is -2.08. The van der Waals surface area contributed by atoms with E-state index in [2.05, 4.69) is 51.1 Å². The van der Waals surface area contributed by atoms with Crippen molar-refractivity contribution in [2.24, 2.45) is 11.3 Å². The minimum atomic E-state index is 0.487. The predicted molar refractivity (Wildman–Crippen MR) is 56.7 cm³/mol. The third-order valence-electron chi connectivity index (χ3n) is 3.13. The van der Waals surface area contributed by atoms with Gasteiger partial charge in [-0.25, -0.2) is 0 Å². The Morgan fingerprint density at radius 2 is 1.69 bits per heavy atom. The molecule has 0 unspecified atom stereocenters. The molecule has 0 aromatic heterocycles. The molecule has 1 fully saturated rings. The number of benzene rings is 1. The lowest BCUT2D eigenvalue weighted by molar-refractivity contribution is 0.343. The summed E-state index contributed by atoms with van der Waals surface area (Å²) in [5.74, 6) is 1.73. The van der Waals surface area contributed by atoms with E-state index in [0.29, 0.717) is 5.41 Å². The van der Waals surface area contributed by atoms with Gasteiger partial charge in [0.15, 0.2) is 0 Å². The molecule has 0 radical (unpaired) electrons. The molecular weight excluding hydrogens is 156 g/mol. The molecule has 1 aromatic rings. The first-order chi connectivity index (χ1) is 6.09. The van der Waals surface area contributed by atoms with Crippen molar-refractivity contribution in [1.82, 2.24) is 0 Å². The highest BCUT2D eigenvalue weighted by atomic mass is 14.5. The zero-order valence-electron chi connectivity index (χ0n) is 8.75. The Hall–Kier alpha value is -0.780. The summed E-state index contributed by atoms with van der Waals surface area (Å²) in [7, 11) is 0. The average molecular weight is 174 g/mol. The van der Waals surface area contributed by atoms with Gasteiger partial charge in [0.05, 0.1) is 0 Å². The van der Waals surface area contributed by atoms with E-state index in [1.807, 2.05) is 0 Å². The van der Waals surface area contributed by atoms with Crippen LogP contribution >= 0.6 is 0 Å². The van der Waals surface area contributed by atoms with E-state index in [4.69, 9.17) is 0 Å². The number of hydrogen-bond donors (Lipinski definition) is 0. The van der Waals surface area contributed by atoms with E-state index in [-0.39, 0.29) is 0 Å². The maximum absolute atomic E-state index is 2.35. The standard InChI is InChI=1S/C13H18/c1-13(2,3)12-9-11(12)10-7-5-4-6-8-10/h4-8,11-12H,9H2,1-3H3/t11-,12+/m0/s1. The van der Waals surface area contributed by atoms with E-state index < -0.39 is 0 Å². The Labute approximate surface area is 81.0 Å². The Kier molecular flexibility index (Phi) is 1.94. The van der Waals surface area contributed by atoms with E-state index in [9.17, 15) is 0 Å². The van der Waals surface area contributed by atoms with E-state index in [1.54, 1.807) is 0 Å². The fourth-order valence-corrected chi connectivity index (χ4v) is 2.22. The van der Waals surface area contributed by atoms with Gasteiger partial charge >= 0.3 is 0 Å². The fourth-order valence-electron chi connectivity index (χ4n) is 2.22. The highest BCUT2D eigenvalue weighted by Crippen LogP contribution is 2.56. The van der Waals surface area contributed by atoms with Crippen molar-refractivity contribution in [3.05, 3.63) is 35.9 Å². The monoisotopic (exact) mass is 174 g/mol. The van der Waals surface area contributed by atoms with Crippen molar-refractivity contribution in [1.29, 1.82) is 0 Å². The van der Waals surface area contributed by atoms with Crippen molar-refractivity contribution in [3.8, 4) is 0 Å². The van der Waals surface area contributed by atoms with Gasteiger partial charge in [-0.2, -0.15) is 0 Å². The summed E-state index contributed by atoms with van der Waals surface area (Å²) in [5, 5.41) is 0. The van der Waals surface area contributed by atoms with E-state index >= 15 is 0 Å². The van der Waals surface area contributed by atoms with Gasteiger partial charge in [0.25, 0.3) is 0 Å². The second-order valence-corrected chi connectivity index (χ2v) is 5.23. The van der Waals surface area contributed by atoms with Crippen LogP contribution < -0.4 is 0 Å². The summed E-state index contributed by atoms with van der Waals surface area (Å²) in [6, 6.07) is 10.9. The minimum Gasteiger partial charge on any atom is -0.0622 e. The molecule has 0 bridgehead atoms.